The Balaban J connectivity index is 1.39. The lowest BCUT2D eigenvalue weighted by atomic mass is 9.98. The molecule has 1 amide bonds. The minimum absolute atomic E-state index is 0.0370. The average Bonchev–Trinajstić information content (AvgIpc) is 3.33. The molecule has 2 atom stereocenters. The summed E-state index contributed by atoms with van der Waals surface area (Å²) in [5.41, 5.74) is 6.41. The molecule has 4 heterocycles. The zero-order chi connectivity index (χ0) is 16.4. The molecule has 0 spiro atoms. The van der Waals surface area contributed by atoms with Crippen LogP contribution >= 0.6 is 11.3 Å². The van der Waals surface area contributed by atoms with Crippen molar-refractivity contribution in [1.82, 2.24) is 20.7 Å². The predicted molar refractivity (Wildman–Crippen MR) is 94.7 cm³/mol. The highest BCUT2D eigenvalue weighted by Crippen LogP contribution is 2.30. The summed E-state index contributed by atoms with van der Waals surface area (Å²) in [5, 5.41) is 2.06. The third-order valence-corrected chi connectivity index (χ3v) is 5.67. The van der Waals surface area contributed by atoms with Crippen molar-refractivity contribution in [3.63, 3.8) is 0 Å². The Morgan fingerprint density at radius 1 is 1.17 bits per heavy atom. The van der Waals surface area contributed by atoms with Gasteiger partial charge in [0.15, 0.2) is 0 Å². The first-order valence-electron chi connectivity index (χ1n) is 8.29. The van der Waals surface area contributed by atoms with E-state index in [0.29, 0.717) is 6.54 Å². The molecule has 2 N–H and O–H groups in total. The van der Waals surface area contributed by atoms with Crippen LogP contribution in [0, 0.1) is 5.92 Å². The van der Waals surface area contributed by atoms with E-state index in [1.54, 1.807) is 11.3 Å². The van der Waals surface area contributed by atoms with E-state index in [1.165, 1.54) is 4.88 Å². The Kier molecular flexibility index (Phi) is 4.46. The van der Waals surface area contributed by atoms with E-state index in [4.69, 9.17) is 0 Å². The number of amides is 1. The maximum atomic E-state index is 13.0. The molecule has 0 saturated carbocycles. The van der Waals surface area contributed by atoms with E-state index in [1.807, 2.05) is 35.4 Å². The fraction of sp³-hybridized carbons (Fsp3) is 0.412. The normalized spacial score (nSPS) is 24.3. The monoisotopic (exact) mass is 343 g/mol. The number of hydrazine groups is 1. The van der Waals surface area contributed by atoms with Gasteiger partial charge in [0.05, 0.1) is 12.0 Å². The van der Waals surface area contributed by atoms with E-state index in [2.05, 4.69) is 32.2 Å². The van der Waals surface area contributed by atoms with Gasteiger partial charge in [0.25, 0.3) is 0 Å². The largest absolute Gasteiger partial charge is 0.353 e. The van der Waals surface area contributed by atoms with Crippen LogP contribution in [0.3, 0.4) is 0 Å². The van der Waals surface area contributed by atoms with Crippen LogP contribution in [0.25, 0.3) is 0 Å². The van der Waals surface area contributed by atoms with Crippen molar-refractivity contribution in [2.45, 2.75) is 6.04 Å². The van der Waals surface area contributed by atoms with Crippen molar-refractivity contribution < 1.29 is 4.79 Å². The van der Waals surface area contributed by atoms with E-state index in [-0.39, 0.29) is 17.9 Å². The van der Waals surface area contributed by atoms with Crippen LogP contribution in [0.5, 0.6) is 0 Å². The Labute approximate surface area is 145 Å². The number of nitrogens with zero attached hydrogens (tertiary/aromatic N) is 3. The Morgan fingerprint density at radius 2 is 2.04 bits per heavy atom. The van der Waals surface area contributed by atoms with Crippen LogP contribution in [0.15, 0.2) is 41.9 Å². The number of pyridine rings is 1. The molecule has 6 nitrogen and oxygen atoms in total. The van der Waals surface area contributed by atoms with E-state index in [0.717, 1.165) is 32.0 Å². The van der Waals surface area contributed by atoms with Gasteiger partial charge in [-0.15, -0.1) is 11.3 Å². The summed E-state index contributed by atoms with van der Waals surface area (Å²) in [6, 6.07) is 10.2. The molecule has 2 unspecified atom stereocenters. The molecular formula is C17H21N5OS. The first kappa shape index (κ1) is 15.6. The second-order valence-electron chi connectivity index (χ2n) is 6.13. The number of nitrogens with one attached hydrogen (secondary N) is 2. The van der Waals surface area contributed by atoms with Crippen LogP contribution < -0.4 is 15.8 Å². The Morgan fingerprint density at radius 3 is 2.75 bits per heavy atom. The molecule has 2 aliphatic rings. The van der Waals surface area contributed by atoms with Crippen LogP contribution in [-0.4, -0.2) is 48.5 Å². The molecule has 24 heavy (non-hydrogen) atoms. The summed E-state index contributed by atoms with van der Waals surface area (Å²) in [5.74, 6) is 1.20. The molecule has 7 heteroatoms. The lowest BCUT2D eigenvalue weighted by Crippen LogP contribution is -2.51. The number of hydrogen-bond donors (Lipinski definition) is 2. The summed E-state index contributed by atoms with van der Waals surface area (Å²) < 4.78 is 0. The van der Waals surface area contributed by atoms with Crippen molar-refractivity contribution >= 4 is 23.1 Å². The average molecular weight is 343 g/mol. The van der Waals surface area contributed by atoms with Gasteiger partial charge in [0.2, 0.25) is 5.91 Å². The predicted octanol–water partition coefficient (Wildman–Crippen LogP) is 1.26. The second kappa shape index (κ2) is 6.88. The van der Waals surface area contributed by atoms with Gasteiger partial charge in [0.1, 0.15) is 5.82 Å². The lowest BCUT2D eigenvalue weighted by Gasteiger charge is -2.37. The highest BCUT2D eigenvalue weighted by atomic mass is 32.1. The number of hydrogen-bond acceptors (Lipinski definition) is 6. The van der Waals surface area contributed by atoms with Crippen molar-refractivity contribution in [2.24, 2.45) is 5.92 Å². The standard InChI is InChI=1S/C17H21N5OS/c23-17(13-12-19-20-16(13)14-4-3-11-24-14)22-9-7-21(8-10-22)15-5-1-2-6-18-15/h1-6,11,13,16,19-20H,7-10,12H2. The molecule has 4 rings (SSSR count). The summed E-state index contributed by atoms with van der Waals surface area (Å²) >= 11 is 1.70. The smallest absolute Gasteiger partial charge is 0.229 e. The zero-order valence-electron chi connectivity index (χ0n) is 13.4. The van der Waals surface area contributed by atoms with Crippen LogP contribution in [0.2, 0.25) is 0 Å². The van der Waals surface area contributed by atoms with Gasteiger partial charge in [-0.3, -0.25) is 10.2 Å². The minimum Gasteiger partial charge on any atom is -0.353 e. The van der Waals surface area contributed by atoms with Gasteiger partial charge in [-0.2, -0.15) is 0 Å². The van der Waals surface area contributed by atoms with Gasteiger partial charge >= 0.3 is 0 Å². The topological polar surface area (TPSA) is 60.5 Å². The molecule has 2 fully saturated rings. The maximum absolute atomic E-state index is 13.0. The van der Waals surface area contributed by atoms with Crippen molar-refractivity contribution in [1.29, 1.82) is 0 Å². The van der Waals surface area contributed by atoms with Crippen LogP contribution in [-0.2, 0) is 4.79 Å². The van der Waals surface area contributed by atoms with E-state index >= 15 is 0 Å². The summed E-state index contributed by atoms with van der Waals surface area (Å²) in [6.07, 6.45) is 1.81. The van der Waals surface area contributed by atoms with Gasteiger partial charge < -0.3 is 9.80 Å². The molecule has 2 aliphatic heterocycles. The molecule has 2 aromatic heterocycles. The van der Waals surface area contributed by atoms with Gasteiger partial charge in [-0.05, 0) is 23.6 Å². The maximum Gasteiger partial charge on any atom is 0.229 e. The molecule has 0 bridgehead atoms. The first-order chi connectivity index (χ1) is 11.8. The van der Waals surface area contributed by atoms with Gasteiger partial charge in [-0.1, -0.05) is 12.1 Å². The molecule has 0 aliphatic carbocycles. The van der Waals surface area contributed by atoms with Crippen molar-refractivity contribution in [3.05, 3.63) is 46.8 Å². The van der Waals surface area contributed by atoms with Crippen LogP contribution in [0.4, 0.5) is 5.82 Å². The number of aromatic nitrogens is 1. The number of piperazine rings is 1. The minimum atomic E-state index is -0.0370. The second-order valence-corrected chi connectivity index (χ2v) is 7.10. The number of thiophene rings is 1. The fourth-order valence-electron chi connectivity index (χ4n) is 3.40. The summed E-state index contributed by atoms with van der Waals surface area (Å²) in [7, 11) is 0. The third kappa shape index (κ3) is 3.02. The van der Waals surface area contributed by atoms with Crippen molar-refractivity contribution in [2.75, 3.05) is 37.6 Å². The van der Waals surface area contributed by atoms with Gasteiger partial charge in [0, 0.05) is 43.8 Å². The lowest BCUT2D eigenvalue weighted by molar-refractivity contribution is -0.135. The highest BCUT2D eigenvalue weighted by molar-refractivity contribution is 7.10. The molecule has 2 aromatic rings. The summed E-state index contributed by atoms with van der Waals surface area (Å²) in [6.45, 7) is 3.86. The quantitative estimate of drug-likeness (QED) is 0.879. The molecular weight excluding hydrogens is 322 g/mol. The number of carbonyl (C=O) groups excluding carboxylic acids is 1. The SMILES string of the molecule is O=C(C1CNNC1c1cccs1)N1CCN(c2ccccn2)CC1. The Bertz CT molecular complexity index is 670. The van der Waals surface area contributed by atoms with E-state index in [9.17, 15) is 4.79 Å². The molecule has 2 saturated heterocycles. The zero-order valence-corrected chi connectivity index (χ0v) is 14.2. The third-order valence-electron chi connectivity index (χ3n) is 4.71. The molecule has 0 aromatic carbocycles. The van der Waals surface area contributed by atoms with Gasteiger partial charge in [-0.25, -0.2) is 10.4 Å². The number of carbonyl (C=O) groups is 1. The number of rotatable bonds is 3. The molecule has 0 radical (unpaired) electrons. The van der Waals surface area contributed by atoms with E-state index < -0.39 is 0 Å². The Hall–Kier alpha value is -1.96. The fourth-order valence-corrected chi connectivity index (χ4v) is 4.24. The van der Waals surface area contributed by atoms with Crippen molar-refractivity contribution in [3.8, 4) is 0 Å². The number of anilines is 1. The molecule has 126 valence electrons. The first-order valence-corrected chi connectivity index (χ1v) is 9.17. The summed E-state index contributed by atoms with van der Waals surface area (Å²) in [4.78, 5) is 22.8. The van der Waals surface area contributed by atoms with Crippen LogP contribution in [0.1, 0.15) is 10.9 Å². The highest BCUT2D eigenvalue weighted by Gasteiger charge is 2.37.